The molecule has 1 unspecified atom stereocenters. The molecule has 2 aromatic rings. The highest BCUT2D eigenvalue weighted by Gasteiger charge is 2.11. The predicted octanol–water partition coefficient (Wildman–Crippen LogP) is 4.98. The molecule has 0 aliphatic rings. The summed E-state index contributed by atoms with van der Waals surface area (Å²) in [5.74, 6) is 0.698. The minimum Gasteiger partial charge on any atom is -0.399 e. The quantitative estimate of drug-likeness (QED) is 0.731. The Morgan fingerprint density at radius 1 is 1.09 bits per heavy atom. The van der Waals surface area contributed by atoms with Crippen molar-refractivity contribution in [2.24, 2.45) is 5.92 Å². The van der Waals surface area contributed by atoms with Gasteiger partial charge in [-0.25, -0.2) is 0 Å². The van der Waals surface area contributed by atoms with Crippen molar-refractivity contribution in [3.05, 3.63) is 59.2 Å². The van der Waals surface area contributed by atoms with Gasteiger partial charge >= 0.3 is 0 Å². The van der Waals surface area contributed by atoms with Crippen LogP contribution in [-0.2, 0) is 6.42 Å². The number of benzene rings is 2. The van der Waals surface area contributed by atoms with Crippen molar-refractivity contribution in [2.45, 2.75) is 40.0 Å². The highest BCUT2D eigenvalue weighted by atomic mass is 15.1. The molecule has 0 spiro atoms. The van der Waals surface area contributed by atoms with Crippen LogP contribution in [0.25, 0.3) is 0 Å². The molecular formula is C21H30N2. The van der Waals surface area contributed by atoms with Crippen LogP contribution in [0.3, 0.4) is 0 Å². The van der Waals surface area contributed by atoms with E-state index in [9.17, 15) is 0 Å². The molecule has 0 radical (unpaired) electrons. The van der Waals surface area contributed by atoms with Gasteiger partial charge in [0.1, 0.15) is 0 Å². The standard InChI is InChI=1S/C21H30N2/c1-5-18(14-19-7-6-8-20(22)15-19)11-12-23(4)21-13-16(2)9-10-17(21)3/h6-10,13,15,18H,5,11-12,14,22H2,1-4H3. The van der Waals surface area contributed by atoms with Gasteiger partial charge < -0.3 is 10.6 Å². The monoisotopic (exact) mass is 310 g/mol. The maximum atomic E-state index is 5.90. The molecular weight excluding hydrogens is 280 g/mol. The van der Waals surface area contributed by atoms with Crippen molar-refractivity contribution in [1.82, 2.24) is 0 Å². The van der Waals surface area contributed by atoms with Crippen LogP contribution in [0.5, 0.6) is 0 Å². The Kier molecular flexibility index (Phi) is 6.09. The van der Waals surface area contributed by atoms with Crippen molar-refractivity contribution in [1.29, 1.82) is 0 Å². The van der Waals surface area contributed by atoms with Gasteiger partial charge in [-0.2, -0.15) is 0 Å². The lowest BCUT2D eigenvalue weighted by molar-refractivity contribution is 0.470. The van der Waals surface area contributed by atoms with Gasteiger partial charge in [-0.3, -0.25) is 0 Å². The summed E-state index contributed by atoms with van der Waals surface area (Å²) in [4.78, 5) is 2.39. The van der Waals surface area contributed by atoms with E-state index in [0.717, 1.165) is 18.7 Å². The highest BCUT2D eigenvalue weighted by molar-refractivity contribution is 5.54. The summed E-state index contributed by atoms with van der Waals surface area (Å²) in [6, 6.07) is 15.0. The van der Waals surface area contributed by atoms with Gasteiger partial charge in [-0.1, -0.05) is 37.6 Å². The van der Waals surface area contributed by atoms with E-state index >= 15 is 0 Å². The first-order valence-electron chi connectivity index (χ1n) is 8.62. The van der Waals surface area contributed by atoms with E-state index in [2.05, 4.69) is 69.1 Å². The van der Waals surface area contributed by atoms with Gasteiger partial charge in [0.05, 0.1) is 0 Å². The molecule has 0 amide bonds. The van der Waals surface area contributed by atoms with Crippen LogP contribution < -0.4 is 10.6 Å². The van der Waals surface area contributed by atoms with Gasteiger partial charge in [-0.05, 0) is 67.5 Å². The smallest absolute Gasteiger partial charge is 0.0395 e. The molecule has 0 aromatic heterocycles. The molecule has 2 aromatic carbocycles. The number of hydrogen-bond donors (Lipinski definition) is 1. The zero-order chi connectivity index (χ0) is 16.8. The third-order valence-corrected chi connectivity index (χ3v) is 4.70. The minimum absolute atomic E-state index is 0.698. The third-order valence-electron chi connectivity index (χ3n) is 4.70. The number of aryl methyl sites for hydroxylation is 2. The Hall–Kier alpha value is -1.96. The summed E-state index contributed by atoms with van der Waals surface area (Å²) in [7, 11) is 2.20. The second-order valence-corrected chi connectivity index (χ2v) is 6.72. The zero-order valence-corrected chi connectivity index (χ0v) is 15.0. The zero-order valence-electron chi connectivity index (χ0n) is 15.0. The summed E-state index contributed by atoms with van der Waals surface area (Å²) >= 11 is 0. The summed E-state index contributed by atoms with van der Waals surface area (Å²) in [6.07, 6.45) is 3.52. The number of nitrogen functional groups attached to an aromatic ring is 1. The fourth-order valence-corrected chi connectivity index (χ4v) is 3.13. The molecule has 0 fully saturated rings. The SMILES string of the molecule is CCC(CCN(C)c1cc(C)ccc1C)Cc1cccc(N)c1. The number of hydrogen-bond acceptors (Lipinski definition) is 2. The van der Waals surface area contributed by atoms with E-state index in [0.29, 0.717) is 5.92 Å². The highest BCUT2D eigenvalue weighted by Crippen LogP contribution is 2.23. The molecule has 0 heterocycles. The summed E-state index contributed by atoms with van der Waals surface area (Å²) in [5, 5.41) is 0. The van der Waals surface area contributed by atoms with Crippen molar-refractivity contribution in [3.63, 3.8) is 0 Å². The lowest BCUT2D eigenvalue weighted by Gasteiger charge is -2.25. The topological polar surface area (TPSA) is 29.3 Å². The van der Waals surface area contributed by atoms with E-state index in [-0.39, 0.29) is 0 Å². The van der Waals surface area contributed by atoms with Gasteiger partial charge in [0.25, 0.3) is 0 Å². The molecule has 0 aliphatic carbocycles. The van der Waals surface area contributed by atoms with Gasteiger partial charge in [0, 0.05) is 25.0 Å². The van der Waals surface area contributed by atoms with E-state index in [4.69, 9.17) is 5.73 Å². The van der Waals surface area contributed by atoms with E-state index in [1.807, 2.05) is 6.07 Å². The average Bonchev–Trinajstić information content (AvgIpc) is 2.53. The summed E-state index contributed by atoms with van der Waals surface area (Å²) in [5.41, 5.74) is 12.1. The van der Waals surface area contributed by atoms with Gasteiger partial charge in [-0.15, -0.1) is 0 Å². The van der Waals surface area contributed by atoms with Gasteiger partial charge in [0.15, 0.2) is 0 Å². The molecule has 0 saturated carbocycles. The number of nitrogens with zero attached hydrogens (tertiary/aromatic N) is 1. The fraction of sp³-hybridized carbons (Fsp3) is 0.429. The maximum absolute atomic E-state index is 5.90. The Balaban J connectivity index is 1.95. The van der Waals surface area contributed by atoms with E-state index in [1.165, 1.54) is 35.2 Å². The van der Waals surface area contributed by atoms with E-state index in [1.54, 1.807) is 0 Å². The van der Waals surface area contributed by atoms with Crippen molar-refractivity contribution in [2.75, 3.05) is 24.2 Å². The molecule has 23 heavy (non-hydrogen) atoms. The maximum Gasteiger partial charge on any atom is 0.0395 e. The Morgan fingerprint density at radius 2 is 1.87 bits per heavy atom. The van der Waals surface area contributed by atoms with Crippen LogP contribution >= 0.6 is 0 Å². The van der Waals surface area contributed by atoms with Crippen LogP contribution in [0.15, 0.2) is 42.5 Å². The lowest BCUT2D eigenvalue weighted by atomic mass is 9.93. The van der Waals surface area contributed by atoms with Crippen LogP contribution in [0, 0.1) is 19.8 Å². The van der Waals surface area contributed by atoms with Crippen LogP contribution in [0.1, 0.15) is 36.5 Å². The van der Waals surface area contributed by atoms with Crippen molar-refractivity contribution < 1.29 is 0 Å². The lowest BCUT2D eigenvalue weighted by Crippen LogP contribution is -2.22. The van der Waals surface area contributed by atoms with Crippen LogP contribution in [0.4, 0.5) is 11.4 Å². The first-order chi connectivity index (χ1) is 11.0. The fourth-order valence-electron chi connectivity index (χ4n) is 3.13. The molecule has 2 rings (SSSR count). The van der Waals surface area contributed by atoms with Gasteiger partial charge in [0.2, 0.25) is 0 Å². The Bertz CT molecular complexity index is 633. The number of anilines is 2. The molecule has 0 saturated heterocycles. The van der Waals surface area contributed by atoms with Crippen molar-refractivity contribution >= 4 is 11.4 Å². The third kappa shape index (κ3) is 5.02. The average molecular weight is 310 g/mol. The molecule has 0 bridgehead atoms. The Morgan fingerprint density at radius 3 is 2.57 bits per heavy atom. The first-order valence-corrected chi connectivity index (χ1v) is 8.62. The summed E-state index contributed by atoms with van der Waals surface area (Å²) < 4.78 is 0. The molecule has 1 atom stereocenters. The molecule has 2 N–H and O–H groups in total. The minimum atomic E-state index is 0.698. The molecule has 124 valence electrons. The molecule has 2 nitrogen and oxygen atoms in total. The first kappa shape index (κ1) is 17.4. The second kappa shape index (κ2) is 8.05. The number of rotatable bonds is 7. The largest absolute Gasteiger partial charge is 0.399 e. The predicted molar refractivity (Wildman–Crippen MR) is 102 cm³/mol. The van der Waals surface area contributed by atoms with Crippen LogP contribution in [0.2, 0.25) is 0 Å². The van der Waals surface area contributed by atoms with Crippen molar-refractivity contribution in [3.8, 4) is 0 Å². The van der Waals surface area contributed by atoms with Crippen LogP contribution in [-0.4, -0.2) is 13.6 Å². The summed E-state index contributed by atoms with van der Waals surface area (Å²) in [6.45, 7) is 7.72. The number of nitrogens with two attached hydrogens (primary N) is 1. The second-order valence-electron chi connectivity index (χ2n) is 6.72. The van der Waals surface area contributed by atoms with E-state index < -0.39 is 0 Å². The Labute approximate surface area is 141 Å². The normalized spacial score (nSPS) is 12.2. The molecule has 0 aliphatic heterocycles. The molecule has 2 heteroatoms.